The first-order valence-electron chi connectivity index (χ1n) is 11.3. The van der Waals surface area contributed by atoms with Crippen LogP contribution in [0.1, 0.15) is 37.5 Å². The van der Waals surface area contributed by atoms with E-state index in [-0.39, 0.29) is 22.8 Å². The van der Waals surface area contributed by atoms with Crippen LogP contribution in [-0.2, 0) is 26.8 Å². The fourth-order valence-corrected chi connectivity index (χ4v) is 5.30. The van der Waals surface area contributed by atoms with E-state index < -0.39 is 16.1 Å². The summed E-state index contributed by atoms with van der Waals surface area (Å²) < 4.78 is 34.6. The van der Waals surface area contributed by atoms with Crippen molar-refractivity contribution in [2.45, 2.75) is 50.7 Å². The van der Waals surface area contributed by atoms with E-state index in [9.17, 15) is 13.2 Å². The number of rotatable bonds is 5. The van der Waals surface area contributed by atoms with Gasteiger partial charge in [-0.15, -0.1) is 0 Å². The van der Waals surface area contributed by atoms with Crippen molar-refractivity contribution in [1.29, 1.82) is 0 Å². The first kappa shape index (κ1) is 23.8. The van der Waals surface area contributed by atoms with E-state index >= 15 is 0 Å². The maximum absolute atomic E-state index is 13.6. The molecule has 0 radical (unpaired) electrons. The molecule has 0 aliphatic carbocycles. The van der Waals surface area contributed by atoms with Crippen LogP contribution in [0.15, 0.2) is 77.7 Å². The summed E-state index contributed by atoms with van der Waals surface area (Å²) in [6.45, 7) is 8.42. The number of nitrogens with zero attached hydrogens (tertiary/aromatic N) is 1. The van der Waals surface area contributed by atoms with E-state index in [4.69, 9.17) is 4.74 Å². The Morgan fingerprint density at radius 1 is 1.03 bits per heavy atom. The number of anilines is 1. The Labute approximate surface area is 201 Å². The highest BCUT2D eigenvalue weighted by Gasteiger charge is 2.38. The Morgan fingerprint density at radius 2 is 1.71 bits per heavy atom. The van der Waals surface area contributed by atoms with Gasteiger partial charge in [0.1, 0.15) is 5.75 Å². The third kappa shape index (κ3) is 4.94. The summed E-state index contributed by atoms with van der Waals surface area (Å²) in [5, 5.41) is 2.88. The molecule has 178 valence electrons. The normalized spacial score (nSPS) is 15.9. The molecular weight excluding hydrogens is 448 g/mol. The molecule has 1 atom stereocenters. The molecule has 34 heavy (non-hydrogen) atoms. The molecule has 3 aromatic carbocycles. The molecule has 1 aliphatic rings. The lowest BCUT2D eigenvalue weighted by Crippen LogP contribution is -2.50. The Bertz CT molecular complexity index is 1280. The van der Waals surface area contributed by atoms with Gasteiger partial charge in [0, 0.05) is 6.54 Å². The van der Waals surface area contributed by atoms with Crippen molar-refractivity contribution >= 4 is 21.6 Å². The number of benzene rings is 3. The highest BCUT2D eigenvalue weighted by atomic mass is 32.2. The molecule has 0 fully saturated rings. The molecule has 0 saturated heterocycles. The molecule has 0 bridgehead atoms. The fourth-order valence-electron chi connectivity index (χ4n) is 3.81. The number of sulfonamides is 1. The van der Waals surface area contributed by atoms with Crippen LogP contribution < -0.4 is 14.4 Å². The predicted molar refractivity (Wildman–Crippen MR) is 134 cm³/mol. The van der Waals surface area contributed by atoms with Gasteiger partial charge in [-0.25, -0.2) is 8.42 Å². The summed E-state index contributed by atoms with van der Waals surface area (Å²) in [6.07, 6.45) is -0.975. The minimum absolute atomic E-state index is 0.114. The number of carbonyl (C=O) groups is 1. The number of nitrogens with one attached hydrogen (secondary N) is 1. The predicted octanol–water partition coefficient (Wildman–Crippen LogP) is 4.57. The zero-order valence-corrected chi connectivity index (χ0v) is 20.7. The van der Waals surface area contributed by atoms with Crippen molar-refractivity contribution < 1.29 is 17.9 Å². The van der Waals surface area contributed by atoms with Crippen molar-refractivity contribution in [2.24, 2.45) is 0 Å². The highest BCUT2D eigenvalue weighted by molar-refractivity contribution is 7.92. The van der Waals surface area contributed by atoms with Crippen LogP contribution in [0.5, 0.6) is 5.75 Å². The average molecular weight is 479 g/mol. The second-order valence-corrected chi connectivity index (χ2v) is 11.5. The van der Waals surface area contributed by atoms with Gasteiger partial charge in [-0.05, 0) is 47.7 Å². The fraction of sp³-hybridized carbons (Fsp3) is 0.296. The van der Waals surface area contributed by atoms with Crippen LogP contribution in [0.3, 0.4) is 0 Å². The second-order valence-electron chi connectivity index (χ2n) is 9.59. The second kappa shape index (κ2) is 9.14. The number of aryl methyl sites for hydroxylation is 1. The number of hydrogen-bond donors (Lipinski definition) is 1. The van der Waals surface area contributed by atoms with Crippen LogP contribution in [0.2, 0.25) is 0 Å². The van der Waals surface area contributed by atoms with Crippen LogP contribution in [0.25, 0.3) is 0 Å². The lowest BCUT2D eigenvalue weighted by molar-refractivity contribution is -0.127. The van der Waals surface area contributed by atoms with Gasteiger partial charge < -0.3 is 10.1 Å². The molecule has 4 rings (SSSR count). The van der Waals surface area contributed by atoms with Crippen molar-refractivity contribution in [3.8, 4) is 5.75 Å². The van der Waals surface area contributed by atoms with Crippen LogP contribution in [0.4, 0.5) is 5.69 Å². The Morgan fingerprint density at radius 3 is 2.35 bits per heavy atom. The van der Waals surface area contributed by atoms with Gasteiger partial charge in [-0.1, -0.05) is 74.9 Å². The molecule has 1 N–H and O–H groups in total. The standard InChI is InChI=1S/C27H30N2O4S/c1-19-10-12-20(13-11-19)17-28-26(30)25-18-29(34(31,32)22-8-6-5-7-9-22)23-16-21(27(2,3)4)14-15-24(23)33-25/h5-16,25H,17-18H2,1-4H3,(H,28,30)/t25-/m0/s1. The molecular formula is C27H30N2O4S. The molecule has 0 spiro atoms. The summed E-state index contributed by atoms with van der Waals surface area (Å²) in [6, 6.07) is 21.6. The van der Waals surface area contributed by atoms with Gasteiger partial charge in [0.05, 0.1) is 17.1 Å². The quantitative estimate of drug-likeness (QED) is 0.583. The van der Waals surface area contributed by atoms with E-state index in [2.05, 4.69) is 26.1 Å². The van der Waals surface area contributed by atoms with E-state index in [1.165, 1.54) is 4.31 Å². The third-order valence-corrected chi connectivity index (χ3v) is 7.70. The molecule has 7 heteroatoms. The third-order valence-electron chi connectivity index (χ3n) is 5.91. The zero-order valence-electron chi connectivity index (χ0n) is 19.9. The largest absolute Gasteiger partial charge is 0.476 e. The molecule has 0 saturated carbocycles. The smallest absolute Gasteiger partial charge is 0.264 e. The zero-order chi connectivity index (χ0) is 24.5. The molecule has 3 aromatic rings. The van der Waals surface area contributed by atoms with E-state index in [1.807, 2.05) is 43.3 Å². The van der Waals surface area contributed by atoms with Crippen LogP contribution >= 0.6 is 0 Å². The summed E-state index contributed by atoms with van der Waals surface area (Å²) in [7, 11) is -3.90. The molecule has 1 amide bonds. The Balaban J connectivity index is 1.66. The lowest BCUT2D eigenvalue weighted by Gasteiger charge is -2.36. The van der Waals surface area contributed by atoms with Gasteiger partial charge in [0.2, 0.25) is 0 Å². The van der Waals surface area contributed by atoms with Gasteiger partial charge >= 0.3 is 0 Å². The van der Waals surface area contributed by atoms with Crippen LogP contribution in [0, 0.1) is 6.92 Å². The molecule has 0 unspecified atom stereocenters. The number of carbonyl (C=O) groups excluding carboxylic acids is 1. The molecule has 6 nitrogen and oxygen atoms in total. The summed E-state index contributed by atoms with van der Waals surface area (Å²) in [5.41, 5.74) is 3.33. The molecule has 1 heterocycles. The minimum atomic E-state index is -3.90. The Kier molecular flexibility index (Phi) is 6.41. The first-order valence-corrected chi connectivity index (χ1v) is 12.7. The van der Waals surface area contributed by atoms with E-state index in [0.717, 1.165) is 16.7 Å². The highest BCUT2D eigenvalue weighted by Crippen LogP contribution is 2.40. The summed E-state index contributed by atoms with van der Waals surface area (Å²) in [4.78, 5) is 13.2. The van der Waals surface area contributed by atoms with Gasteiger partial charge in [-0.3, -0.25) is 9.10 Å². The lowest BCUT2D eigenvalue weighted by atomic mass is 9.86. The van der Waals surface area contributed by atoms with Crippen molar-refractivity contribution in [3.63, 3.8) is 0 Å². The number of ether oxygens (including phenoxy) is 1. The van der Waals surface area contributed by atoms with E-state index in [0.29, 0.717) is 18.0 Å². The number of amides is 1. The number of hydrogen-bond acceptors (Lipinski definition) is 4. The van der Waals surface area contributed by atoms with Crippen molar-refractivity contribution in [3.05, 3.63) is 89.5 Å². The average Bonchev–Trinajstić information content (AvgIpc) is 2.82. The van der Waals surface area contributed by atoms with Gasteiger partial charge in [-0.2, -0.15) is 0 Å². The topological polar surface area (TPSA) is 75.7 Å². The molecule has 1 aliphatic heterocycles. The molecule has 0 aromatic heterocycles. The SMILES string of the molecule is Cc1ccc(CNC(=O)[C@@H]2CN(S(=O)(=O)c3ccccc3)c3cc(C(C)(C)C)ccc3O2)cc1. The summed E-state index contributed by atoms with van der Waals surface area (Å²) >= 11 is 0. The Hall–Kier alpha value is -3.32. The van der Waals surface area contributed by atoms with Gasteiger partial charge in [0.15, 0.2) is 6.10 Å². The van der Waals surface area contributed by atoms with Crippen LogP contribution in [-0.4, -0.2) is 27.0 Å². The minimum Gasteiger partial charge on any atom is -0.476 e. The van der Waals surface area contributed by atoms with Crippen molar-refractivity contribution in [2.75, 3.05) is 10.8 Å². The maximum Gasteiger partial charge on any atom is 0.264 e. The van der Waals surface area contributed by atoms with Crippen molar-refractivity contribution in [1.82, 2.24) is 5.32 Å². The monoisotopic (exact) mass is 478 g/mol. The van der Waals surface area contributed by atoms with Gasteiger partial charge in [0.25, 0.3) is 15.9 Å². The summed E-state index contributed by atoms with van der Waals surface area (Å²) in [5.74, 6) is 0.00799. The number of fused-ring (bicyclic) bond motifs is 1. The first-order chi connectivity index (χ1) is 16.1. The maximum atomic E-state index is 13.6. The van der Waals surface area contributed by atoms with E-state index in [1.54, 1.807) is 36.4 Å².